The Labute approximate surface area is 301 Å². The number of benzene rings is 2. The van der Waals surface area contributed by atoms with Crippen LogP contribution in [0.3, 0.4) is 0 Å². The van der Waals surface area contributed by atoms with Gasteiger partial charge < -0.3 is 30.4 Å². The van der Waals surface area contributed by atoms with E-state index in [4.69, 9.17) is 21.2 Å². The van der Waals surface area contributed by atoms with Crippen LogP contribution in [-0.4, -0.2) is 83.1 Å². The van der Waals surface area contributed by atoms with Gasteiger partial charge in [0.05, 0.1) is 24.9 Å². The van der Waals surface area contributed by atoms with Crippen LogP contribution in [0.25, 0.3) is 0 Å². The first-order valence-electron chi connectivity index (χ1n) is 17.3. The number of nitrogens with zero attached hydrogens (tertiary/aromatic N) is 2. The van der Waals surface area contributed by atoms with Crippen molar-refractivity contribution in [2.24, 2.45) is 10.6 Å². The highest BCUT2D eigenvalue weighted by molar-refractivity contribution is 6.38. The molecule has 14 heteroatoms. The van der Waals surface area contributed by atoms with Gasteiger partial charge in [0.25, 0.3) is 5.91 Å². The Hall–Kier alpha value is -4.52. The highest BCUT2D eigenvalue weighted by atomic mass is 35.5. The van der Waals surface area contributed by atoms with Crippen molar-refractivity contribution in [3.8, 4) is 0 Å². The van der Waals surface area contributed by atoms with E-state index in [1.165, 1.54) is 17.0 Å². The number of hydrogen-bond acceptors (Lipinski definition) is 8. The second kappa shape index (κ2) is 15.8. The maximum absolute atomic E-state index is 14.5. The molecular formula is C37H45ClFN5O7. The molecule has 2 fully saturated rings. The average molecular weight is 726 g/mol. The van der Waals surface area contributed by atoms with E-state index in [0.29, 0.717) is 23.6 Å². The summed E-state index contributed by atoms with van der Waals surface area (Å²) in [4.78, 5) is 74.8. The van der Waals surface area contributed by atoms with Crippen LogP contribution >= 0.6 is 11.6 Å². The molecule has 2 aromatic rings. The third-order valence-corrected chi connectivity index (χ3v) is 9.48. The van der Waals surface area contributed by atoms with Crippen LogP contribution in [-0.2, 0) is 35.2 Å². The first-order valence-corrected chi connectivity index (χ1v) is 17.7. The van der Waals surface area contributed by atoms with Gasteiger partial charge in [-0.2, -0.15) is 0 Å². The number of alkyl carbamates (subject to hydrolysis) is 1. The third-order valence-electron chi connectivity index (χ3n) is 9.24. The van der Waals surface area contributed by atoms with E-state index in [1.807, 2.05) is 13.0 Å². The molecule has 0 bridgehead atoms. The summed E-state index contributed by atoms with van der Waals surface area (Å²) in [6.07, 6.45) is 2.15. The third kappa shape index (κ3) is 9.63. The van der Waals surface area contributed by atoms with Gasteiger partial charge in [-0.15, -0.1) is 0 Å². The van der Waals surface area contributed by atoms with Crippen molar-refractivity contribution in [1.82, 2.24) is 20.9 Å². The van der Waals surface area contributed by atoms with Crippen LogP contribution in [0.15, 0.2) is 53.7 Å². The van der Waals surface area contributed by atoms with Gasteiger partial charge >= 0.3 is 6.09 Å². The van der Waals surface area contributed by atoms with E-state index < -0.39 is 58.7 Å². The Morgan fingerprint density at radius 2 is 1.82 bits per heavy atom. The number of rotatable bonds is 13. The Balaban J connectivity index is 1.35. The van der Waals surface area contributed by atoms with E-state index in [1.54, 1.807) is 51.1 Å². The minimum Gasteiger partial charge on any atom is -0.449 e. The lowest BCUT2D eigenvalue weighted by Crippen LogP contribution is -2.59. The molecule has 0 aromatic heterocycles. The molecule has 1 saturated carbocycles. The van der Waals surface area contributed by atoms with Gasteiger partial charge in [-0.25, -0.2) is 9.18 Å². The van der Waals surface area contributed by atoms with E-state index >= 15 is 0 Å². The fourth-order valence-corrected chi connectivity index (χ4v) is 6.50. The number of amides is 4. The molecule has 5 rings (SSSR count). The molecule has 1 saturated heterocycles. The zero-order valence-electron chi connectivity index (χ0n) is 29.3. The summed E-state index contributed by atoms with van der Waals surface area (Å²) in [5, 5.41) is 13.0. The van der Waals surface area contributed by atoms with E-state index in [-0.39, 0.29) is 44.3 Å². The van der Waals surface area contributed by atoms with E-state index in [9.17, 15) is 28.4 Å². The number of Topliss-reactive ketones (excluding diaryl/α,β-unsaturated/α-hetero) is 1. The molecule has 3 aliphatic rings. The van der Waals surface area contributed by atoms with Crippen LogP contribution in [0.2, 0.25) is 5.02 Å². The van der Waals surface area contributed by atoms with Crippen LogP contribution in [0.5, 0.6) is 0 Å². The number of ketones is 1. The topological polar surface area (TPSA) is 156 Å². The highest BCUT2D eigenvalue weighted by Crippen LogP contribution is 2.40. The predicted octanol–water partition coefficient (Wildman–Crippen LogP) is 4.46. The highest BCUT2D eigenvalue weighted by Gasteiger charge is 2.55. The molecule has 274 valence electrons. The van der Waals surface area contributed by atoms with Gasteiger partial charge in [-0.3, -0.25) is 19.2 Å². The molecule has 2 aromatic carbocycles. The van der Waals surface area contributed by atoms with Crippen molar-refractivity contribution in [2.75, 3.05) is 13.2 Å². The van der Waals surface area contributed by atoms with Gasteiger partial charge in [0, 0.05) is 35.9 Å². The summed E-state index contributed by atoms with van der Waals surface area (Å²) in [6.45, 7) is 7.10. The molecule has 3 N–H and O–H groups in total. The molecule has 4 amide bonds. The quantitative estimate of drug-likeness (QED) is 0.258. The molecule has 0 radical (unpaired) electrons. The first-order chi connectivity index (χ1) is 24.2. The second-order valence-electron chi connectivity index (χ2n) is 14.6. The van der Waals surface area contributed by atoms with E-state index in [0.717, 1.165) is 24.0 Å². The molecule has 2 heterocycles. The fourth-order valence-electron chi connectivity index (χ4n) is 6.31. The lowest BCUT2D eigenvalue weighted by Gasteiger charge is -2.35. The predicted molar refractivity (Wildman–Crippen MR) is 187 cm³/mol. The standard InChI is InChI=1S/C37H45ClFN5O7/c1-5-7-27(30(45)33(47)40-26-14-15-26)41-32(46)29-20-37(19-28(43-51-37)23-8-6-9-24(38)18-23)21-44(29)34(48)31(36(2,3)4)42-35(49)50-17-16-22-10-12-25(39)13-11-22/h6,8-13,18,26-27,29,31H,5,7,14-17,19-21H2,1-4H3,(H,40,47)(H,41,46)(H,42,49)/t27-,29-,31+,37+/m0/s1. The van der Waals surface area contributed by atoms with Crippen LogP contribution in [0.1, 0.15) is 77.3 Å². The normalized spacial score (nSPS) is 20.9. The molecule has 0 unspecified atom stereocenters. The smallest absolute Gasteiger partial charge is 0.407 e. The molecule has 1 aliphatic carbocycles. The number of halogens is 2. The lowest BCUT2D eigenvalue weighted by atomic mass is 9.85. The SMILES string of the molecule is CCC[C@H](NC(=O)[C@@H]1C[C@]2(CC(c3cccc(Cl)c3)=NO2)CN1C(=O)[C@@H](NC(=O)OCCc1ccc(F)cc1)C(C)(C)C)C(=O)C(=O)NC1CC1. The second-order valence-corrected chi connectivity index (χ2v) is 15.0. The van der Waals surface area contributed by atoms with Gasteiger partial charge in [0.1, 0.15) is 17.9 Å². The van der Waals surface area contributed by atoms with Gasteiger partial charge in [-0.1, -0.05) is 75.1 Å². The zero-order chi connectivity index (χ0) is 36.9. The fraction of sp³-hybridized carbons (Fsp3) is 0.514. The summed E-state index contributed by atoms with van der Waals surface area (Å²) >= 11 is 6.23. The summed E-state index contributed by atoms with van der Waals surface area (Å²) in [7, 11) is 0. The number of hydrogen-bond donors (Lipinski definition) is 3. The Morgan fingerprint density at radius 1 is 1.10 bits per heavy atom. The molecule has 2 aliphatic heterocycles. The van der Waals surface area contributed by atoms with Crippen molar-refractivity contribution < 1.29 is 37.9 Å². The summed E-state index contributed by atoms with van der Waals surface area (Å²) < 4.78 is 18.7. The Kier molecular flexibility index (Phi) is 11.7. The monoisotopic (exact) mass is 725 g/mol. The van der Waals surface area contributed by atoms with Crippen molar-refractivity contribution in [2.45, 2.75) is 102 Å². The van der Waals surface area contributed by atoms with E-state index in [2.05, 4.69) is 21.1 Å². The van der Waals surface area contributed by atoms with Gasteiger partial charge in [0.15, 0.2) is 5.60 Å². The molecule has 51 heavy (non-hydrogen) atoms. The van der Waals surface area contributed by atoms with Crippen LogP contribution in [0.4, 0.5) is 9.18 Å². The minimum absolute atomic E-state index is 0.0149. The summed E-state index contributed by atoms with van der Waals surface area (Å²) in [5.41, 5.74) is 0.186. The molecule has 1 spiro atoms. The summed E-state index contributed by atoms with van der Waals surface area (Å²) in [6, 6.07) is 9.56. The molecule has 4 atom stereocenters. The maximum atomic E-state index is 14.5. The number of likely N-dealkylation sites (tertiary alicyclic amines) is 1. The maximum Gasteiger partial charge on any atom is 0.407 e. The molecular weight excluding hydrogens is 681 g/mol. The number of oxime groups is 1. The first kappa shape index (κ1) is 37.7. The van der Waals surface area contributed by atoms with Crippen molar-refractivity contribution >= 4 is 46.9 Å². The molecule has 12 nitrogen and oxygen atoms in total. The average Bonchev–Trinajstić information content (AvgIpc) is 3.67. The summed E-state index contributed by atoms with van der Waals surface area (Å²) in [5.74, 6) is -3.05. The Bertz CT molecular complexity index is 1680. The van der Waals surface area contributed by atoms with Crippen molar-refractivity contribution in [3.05, 3.63) is 70.5 Å². The zero-order valence-corrected chi connectivity index (χ0v) is 30.1. The number of nitrogens with one attached hydrogen (secondary N) is 3. The van der Waals surface area contributed by atoms with Crippen LogP contribution < -0.4 is 16.0 Å². The minimum atomic E-state index is -1.13. The van der Waals surface area contributed by atoms with Crippen LogP contribution in [0, 0.1) is 11.2 Å². The number of ether oxygens (including phenoxy) is 1. The number of carbonyl (C=O) groups is 5. The van der Waals surface area contributed by atoms with Gasteiger partial charge in [0.2, 0.25) is 17.6 Å². The van der Waals surface area contributed by atoms with Crippen molar-refractivity contribution in [1.29, 1.82) is 0 Å². The largest absolute Gasteiger partial charge is 0.449 e. The Morgan fingerprint density at radius 3 is 2.47 bits per heavy atom. The number of carbonyl (C=O) groups excluding carboxylic acids is 5. The lowest BCUT2D eigenvalue weighted by molar-refractivity contribution is -0.144. The van der Waals surface area contributed by atoms with Crippen molar-refractivity contribution in [3.63, 3.8) is 0 Å². The van der Waals surface area contributed by atoms with Gasteiger partial charge in [-0.05, 0) is 54.5 Å².